The van der Waals surface area contributed by atoms with Crippen LogP contribution in [0.2, 0.25) is 5.02 Å². The van der Waals surface area contributed by atoms with Crippen molar-refractivity contribution >= 4 is 29.1 Å². The molecule has 0 fully saturated rings. The van der Waals surface area contributed by atoms with E-state index in [9.17, 15) is 9.59 Å². The average molecular weight is 297 g/mol. The van der Waals surface area contributed by atoms with Gasteiger partial charge in [0.25, 0.3) is 0 Å². The normalized spacial score (nSPS) is 10.5. The fourth-order valence-electron chi connectivity index (χ4n) is 1.94. The van der Waals surface area contributed by atoms with Crippen LogP contribution in [0.4, 0.5) is 5.69 Å². The van der Waals surface area contributed by atoms with Crippen molar-refractivity contribution in [1.82, 2.24) is 5.32 Å². The van der Waals surface area contributed by atoms with Crippen molar-refractivity contribution in [1.29, 1.82) is 0 Å². The van der Waals surface area contributed by atoms with Crippen molar-refractivity contribution in [3.8, 4) is 0 Å². The maximum absolute atomic E-state index is 11.8. The third kappa shape index (κ3) is 4.53. The number of halogens is 1. The zero-order valence-corrected chi connectivity index (χ0v) is 13.1. The molecule has 1 aromatic carbocycles. The first-order chi connectivity index (χ1) is 9.32. The highest BCUT2D eigenvalue weighted by molar-refractivity contribution is 6.31. The highest BCUT2D eigenvalue weighted by Gasteiger charge is 2.16. The van der Waals surface area contributed by atoms with Crippen LogP contribution in [-0.4, -0.2) is 24.4 Å². The Morgan fingerprint density at radius 2 is 2.00 bits per heavy atom. The molecule has 4 nitrogen and oxygen atoms in total. The first-order valence-corrected chi connectivity index (χ1v) is 7.03. The van der Waals surface area contributed by atoms with Gasteiger partial charge in [0, 0.05) is 36.6 Å². The standard InChI is InChI=1S/C15H21ClN2O2/c1-10(2)17-15(20)8-9-18(12(4)19)14-7-5-6-13(16)11(14)3/h5-7,10H,8-9H2,1-4H3,(H,17,20). The fourth-order valence-corrected chi connectivity index (χ4v) is 2.11. The lowest BCUT2D eigenvalue weighted by Gasteiger charge is -2.23. The Balaban J connectivity index is 2.83. The van der Waals surface area contributed by atoms with Crippen LogP contribution in [0.25, 0.3) is 0 Å². The average Bonchev–Trinajstić information content (AvgIpc) is 2.33. The molecule has 110 valence electrons. The first-order valence-electron chi connectivity index (χ1n) is 6.65. The lowest BCUT2D eigenvalue weighted by Crippen LogP contribution is -2.36. The van der Waals surface area contributed by atoms with E-state index in [2.05, 4.69) is 5.32 Å². The molecule has 0 bridgehead atoms. The smallest absolute Gasteiger partial charge is 0.223 e. The number of anilines is 1. The number of benzene rings is 1. The van der Waals surface area contributed by atoms with Gasteiger partial charge in [-0.25, -0.2) is 0 Å². The molecule has 0 spiro atoms. The molecule has 1 rings (SSSR count). The molecule has 2 amide bonds. The largest absolute Gasteiger partial charge is 0.354 e. The van der Waals surface area contributed by atoms with E-state index >= 15 is 0 Å². The van der Waals surface area contributed by atoms with E-state index < -0.39 is 0 Å². The lowest BCUT2D eigenvalue weighted by molar-refractivity contribution is -0.121. The van der Waals surface area contributed by atoms with E-state index in [-0.39, 0.29) is 24.3 Å². The van der Waals surface area contributed by atoms with Crippen LogP contribution in [0, 0.1) is 6.92 Å². The number of amides is 2. The SMILES string of the molecule is CC(=O)N(CCC(=O)NC(C)C)c1cccc(Cl)c1C. The van der Waals surface area contributed by atoms with Gasteiger partial charge in [0.05, 0.1) is 0 Å². The maximum Gasteiger partial charge on any atom is 0.223 e. The third-order valence-electron chi connectivity index (χ3n) is 2.92. The quantitative estimate of drug-likeness (QED) is 0.908. The molecular formula is C15H21ClN2O2. The minimum Gasteiger partial charge on any atom is -0.354 e. The molecule has 0 saturated heterocycles. The summed E-state index contributed by atoms with van der Waals surface area (Å²) in [5.74, 6) is -0.168. The van der Waals surface area contributed by atoms with Crippen molar-refractivity contribution < 1.29 is 9.59 Å². The van der Waals surface area contributed by atoms with Gasteiger partial charge in [-0.15, -0.1) is 0 Å². The van der Waals surface area contributed by atoms with Crippen LogP contribution in [0.1, 0.15) is 32.8 Å². The summed E-state index contributed by atoms with van der Waals surface area (Å²) in [6.45, 7) is 7.50. The summed E-state index contributed by atoms with van der Waals surface area (Å²) in [5.41, 5.74) is 1.59. The molecule has 0 aromatic heterocycles. The lowest BCUT2D eigenvalue weighted by atomic mass is 10.1. The molecule has 0 unspecified atom stereocenters. The summed E-state index contributed by atoms with van der Waals surface area (Å²) in [4.78, 5) is 25.1. The van der Waals surface area contributed by atoms with E-state index in [0.717, 1.165) is 11.3 Å². The van der Waals surface area contributed by atoms with Crippen molar-refractivity contribution in [2.75, 3.05) is 11.4 Å². The maximum atomic E-state index is 11.8. The van der Waals surface area contributed by atoms with Crippen molar-refractivity contribution in [2.45, 2.75) is 40.2 Å². The molecule has 1 aromatic rings. The van der Waals surface area contributed by atoms with Gasteiger partial charge in [-0.05, 0) is 38.5 Å². The predicted molar refractivity (Wildman–Crippen MR) is 82.1 cm³/mol. The number of rotatable bonds is 5. The zero-order valence-electron chi connectivity index (χ0n) is 12.4. The summed E-state index contributed by atoms with van der Waals surface area (Å²) in [6, 6.07) is 5.52. The van der Waals surface area contributed by atoms with Crippen LogP contribution >= 0.6 is 11.6 Å². The number of carbonyl (C=O) groups is 2. The van der Waals surface area contributed by atoms with Crippen LogP contribution < -0.4 is 10.2 Å². The fraction of sp³-hybridized carbons (Fsp3) is 0.467. The van der Waals surface area contributed by atoms with Crippen molar-refractivity contribution in [3.63, 3.8) is 0 Å². The van der Waals surface area contributed by atoms with Crippen LogP contribution in [-0.2, 0) is 9.59 Å². The van der Waals surface area contributed by atoms with Gasteiger partial charge in [0.15, 0.2) is 0 Å². The molecule has 1 N–H and O–H groups in total. The highest BCUT2D eigenvalue weighted by Crippen LogP contribution is 2.26. The molecule has 20 heavy (non-hydrogen) atoms. The summed E-state index contributed by atoms with van der Waals surface area (Å²) in [5, 5.41) is 3.42. The van der Waals surface area contributed by atoms with E-state index in [0.29, 0.717) is 11.6 Å². The Morgan fingerprint density at radius 1 is 1.35 bits per heavy atom. The molecule has 0 aliphatic rings. The summed E-state index contributed by atoms with van der Waals surface area (Å²) in [7, 11) is 0. The number of nitrogens with one attached hydrogen (secondary N) is 1. The van der Waals surface area contributed by atoms with Crippen molar-refractivity contribution in [3.05, 3.63) is 28.8 Å². The molecule has 0 saturated carbocycles. The Kier molecular flexibility index (Phi) is 6.02. The first kappa shape index (κ1) is 16.5. The van der Waals surface area contributed by atoms with Gasteiger partial charge in [-0.1, -0.05) is 17.7 Å². The Labute approximate surface area is 125 Å². The Morgan fingerprint density at radius 3 is 2.55 bits per heavy atom. The van der Waals surface area contributed by atoms with E-state index in [1.165, 1.54) is 6.92 Å². The number of nitrogens with zero attached hydrogens (tertiary/aromatic N) is 1. The second-order valence-corrected chi connectivity index (χ2v) is 5.43. The van der Waals surface area contributed by atoms with E-state index in [4.69, 9.17) is 11.6 Å². The highest BCUT2D eigenvalue weighted by atomic mass is 35.5. The van der Waals surface area contributed by atoms with Gasteiger partial charge in [-0.2, -0.15) is 0 Å². The molecule has 0 aliphatic heterocycles. The van der Waals surface area contributed by atoms with Gasteiger partial charge in [0.2, 0.25) is 11.8 Å². The third-order valence-corrected chi connectivity index (χ3v) is 3.33. The van der Waals surface area contributed by atoms with Gasteiger partial charge >= 0.3 is 0 Å². The number of hydrogen-bond acceptors (Lipinski definition) is 2. The summed E-state index contributed by atoms with van der Waals surface area (Å²) in [6.07, 6.45) is 0.268. The second kappa shape index (κ2) is 7.29. The van der Waals surface area contributed by atoms with E-state index in [1.54, 1.807) is 17.0 Å². The minimum absolute atomic E-state index is 0.0640. The van der Waals surface area contributed by atoms with Crippen LogP contribution in [0.3, 0.4) is 0 Å². The molecule has 0 radical (unpaired) electrons. The summed E-state index contributed by atoms with van der Waals surface area (Å²) >= 11 is 6.08. The second-order valence-electron chi connectivity index (χ2n) is 5.03. The topological polar surface area (TPSA) is 49.4 Å². The van der Waals surface area contributed by atoms with Crippen molar-refractivity contribution in [2.24, 2.45) is 0 Å². The Bertz CT molecular complexity index is 501. The molecule has 0 heterocycles. The summed E-state index contributed by atoms with van der Waals surface area (Å²) < 4.78 is 0. The molecule has 0 aliphatic carbocycles. The van der Waals surface area contributed by atoms with Gasteiger partial charge in [-0.3, -0.25) is 9.59 Å². The number of carbonyl (C=O) groups excluding carboxylic acids is 2. The molecular weight excluding hydrogens is 276 g/mol. The minimum atomic E-state index is -0.104. The van der Waals surface area contributed by atoms with E-state index in [1.807, 2.05) is 26.8 Å². The van der Waals surface area contributed by atoms with Crippen LogP contribution in [0.5, 0.6) is 0 Å². The number of hydrogen-bond donors (Lipinski definition) is 1. The predicted octanol–water partition coefficient (Wildman–Crippen LogP) is 2.92. The van der Waals surface area contributed by atoms with Gasteiger partial charge in [0.1, 0.15) is 0 Å². The Hall–Kier alpha value is -1.55. The monoisotopic (exact) mass is 296 g/mol. The molecule has 5 heteroatoms. The zero-order chi connectivity index (χ0) is 15.3. The van der Waals surface area contributed by atoms with Crippen LogP contribution in [0.15, 0.2) is 18.2 Å². The molecule has 0 atom stereocenters. The van der Waals surface area contributed by atoms with Gasteiger partial charge < -0.3 is 10.2 Å².